The predicted molar refractivity (Wildman–Crippen MR) is 95.8 cm³/mol. The molecule has 0 atom stereocenters. The summed E-state index contributed by atoms with van der Waals surface area (Å²) < 4.78 is 0. The number of urea groups is 1. The van der Waals surface area contributed by atoms with Gasteiger partial charge >= 0.3 is 6.03 Å². The average Bonchev–Trinajstić information content (AvgIpc) is 2.89. The third-order valence-corrected chi connectivity index (χ3v) is 4.16. The van der Waals surface area contributed by atoms with Crippen LogP contribution in [0.15, 0.2) is 48.5 Å². The number of hydrogen-bond acceptors (Lipinski definition) is 2. The average molecular weight is 364 g/mol. The molecule has 0 bridgehead atoms. The molecule has 1 aliphatic rings. The molecule has 3 rings (SSSR count). The Morgan fingerprint density at radius 3 is 2.50 bits per heavy atom. The fourth-order valence-corrected chi connectivity index (χ4v) is 2.85. The van der Waals surface area contributed by atoms with Crippen LogP contribution in [0.3, 0.4) is 0 Å². The summed E-state index contributed by atoms with van der Waals surface area (Å²) in [5.74, 6) is -0.261. The highest BCUT2D eigenvalue weighted by molar-refractivity contribution is 6.31. The maximum Gasteiger partial charge on any atom is 0.325 e. The summed E-state index contributed by atoms with van der Waals surface area (Å²) in [6.07, 6.45) is 0. The SMILES string of the molecule is O=C(CN1CCN(c2ccc(Cl)cc2)C1=O)Nc1cccc(Cl)c1. The zero-order valence-electron chi connectivity index (χ0n) is 12.7. The van der Waals surface area contributed by atoms with Crippen molar-refractivity contribution in [2.24, 2.45) is 0 Å². The lowest BCUT2D eigenvalue weighted by molar-refractivity contribution is -0.116. The van der Waals surface area contributed by atoms with Crippen LogP contribution in [0.4, 0.5) is 16.2 Å². The number of nitrogens with one attached hydrogen (secondary N) is 1. The van der Waals surface area contributed by atoms with E-state index in [4.69, 9.17) is 23.2 Å². The minimum atomic E-state index is -0.261. The molecule has 0 aromatic heterocycles. The molecular weight excluding hydrogens is 349 g/mol. The summed E-state index contributed by atoms with van der Waals surface area (Å²) in [5, 5.41) is 3.89. The van der Waals surface area contributed by atoms with E-state index in [9.17, 15) is 9.59 Å². The molecule has 24 heavy (non-hydrogen) atoms. The molecule has 1 fully saturated rings. The molecule has 7 heteroatoms. The van der Waals surface area contributed by atoms with Crippen molar-refractivity contribution in [3.8, 4) is 0 Å². The Labute approximate surface area is 149 Å². The van der Waals surface area contributed by atoms with Gasteiger partial charge in [-0.05, 0) is 42.5 Å². The van der Waals surface area contributed by atoms with Gasteiger partial charge in [0, 0.05) is 34.5 Å². The van der Waals surface area contributed by atoms with E-state index in [1.54, 1.807) is 53.4 Å². The van der Waals surface area contributed by atoms with Crippen LogP contribution in [0.25, 0.3) is 0 Å². The minimum absolute atomic E-state index is 0.00453. The van der Waals surface area contributed by atoms with Gasteiger partial charge in [-0.1, -0.05) is 29.3 Å². The van der Waals surface area contributed by atoms with Crippen molar-refractivity contribution >= 4 is 46.5 Å². The summed E-state index contributed by atoms with van der Waals surface area (Å²) in [5.41, 5.74) is 1.37. The van der Waals surface area contributed by atoms with E-state index in [1.807, 2.05) is 0 Å². The second-order valence-electron chi connectivity index (χ2n) is 5.39. The Morgan fingerprint density at radius 1 is 1.04 bits per heavy atom. The molecule has 1 saturated heterocycles. The van der Waals surface area contributed by atoms with Crippen LogP contribution in [0, 0.1) is 0 Å². The smallest absolute Gasteiger partial charge is 0.324 e. The summed E-state index contributed by atoms with van der Waals surface area (Å²) in [7, 11) is 0. The van der Waals surface area contributed by atoms with E-state index in [2.05, 4.69) is 5.32 Å². The first-order valence-electron chi connectivity index (χ1n) is 7.40. The first-order chi connectivity index (χ1) is 11.5. The third-order valence-electron chi connectivity index (χ3n) is 3.68. The highest BCUT2D eigenvalue weighted by atomic mass is 35.5. The van der Waals surface area contributed by atoms with Crippen LogP contribution in [-0.2, 0) is 4.79 Å². The molecule has 2 aromatic rings. The second kappa shape index (κ2) is 7.11. The zero-order valence-corrected chi connectivity index (χ0v) is 14.2. The fourth-order valence-electron chi connectivity index (χ4n) is 2.53. The molecule has 0 radical (unpaired) electrons. The Hall–Kier alpha value is -2.24. The van der Waals surface area contributed by atoms with Crippen LogP contribution < -0.4 is 10.2 Å². The Bertz CT molecular complexity index is 765. The fraction of sp³-hybridized carbons (Fsp3) is 0.176. The summed E-state index contributed by atoms with van der Waals surface area (Å²) in [4.78, 5) is 27.7. The highest BCUT2D eigenvalue weighted by Gasteiger charge is 2.30. The quantitative estimate of drug-likeness (QED) is 0.895. The van der Waals surface area contributed by atoms with Crippen LogP contribution in [0.1, 0.15) is 0 Å². The van der Waals surface area contributed by atoms with E-state index in [1.165, 1.54) is 4.90 Å². The first kappa shape index (κ1) is 16.6. The van der Waals surface area contributed by atoms with Gasteiger partial charge in [-0.15, -0.1) is 0 Å². The van der Waals surface area contributed by atoms with Crippen molar-refractivity contribution in [2.45, 2.75) is 0 Å². The number of carbonyl (C=O) groups excluding carboxylic acids is 2. The number of carbonyl (C=O) groups is 2. The Morgan fingerprint density at radius 2 is 1.79 bits per heavy atom. The maximum atomic E-state index is 12.5. The Balaban J connectivity index is 1.61. The highest BCUT2D eigenvalue weighted by Crippen LogP contribution is 2.22. The molecule has 0 saturated carbocycles. The van der Waals surface area contributed by atoms with Crippen LogP contribution in [-0.4, -0.2) is 36.5 Å². The monoisotopic (exact) mass is 363 g/mol. The lowest BCUT2D eigenvalue weighted by Crippen LogP contribution is -2.37. The largest absolute Gasteiger partial charge is 0.325 e. The maximum absolute atomic E-state index is 12.5. The van der Waals surface area contributed by atoms with Crippen molar-refractivity contribution < 1.29 is 9.59 Å². The van der Waals surface area contributed by atoms with E-state index >= 15 is 0 Å². The minimum Gasteiger partial charge on any atom is -0.324 e. The van der Waals surface area contributed by atoms with Crippen LogP contribution in [0.5, 0.6) is 0 Å². The van der Waals surface area contributed by atoms with Gasteiger partial charge in [0.05, 0.1) is 0 Å². The van der Waals surface area contributed by atoms with Gasteiger partial charge in [-0.25, -0.2) is 4.79 Å². The lowest BCUT2D eigenvalue weighted by atomic mass is 10.3. The molecule has 1 N–H and O–H groups in total. The van der Waals surface area contributed by atoms with Gasteiger partial charge in [0.25, 0.3) is 0 Å². The van der Waals surface area contributed by atoms with Crippen LogP contribution >= 0.6 is 23.2 Å². The molecule has 1 heterocycles. The molecule has 3 amide bonds. The second-order valence-corrected chi connectivity index (χ2v) is 6.26. The standard InChI is InChI=1S/C17H15Cl2N3O2/c18-12-4-6-15(7-5-12)22-9-8-21(17(22)24)11-16(23)20-14-3-1-2-13(19)10-14/h1-7,10H,8-9,11H2,(H,20,23). The van der Waals surface area contributed by atoms with Crippen LogP contribution in [0.2, 0.25) is 10.0 Å². The van der Waals surface area contributed by atoms with Crippen molar-refractivity contribution in [3.63, 3.8) is 0 Å². The van der Waals surface area contributed by atoms with E-state index < -0.39 is 0 Å². The number of rotatable bonds is 4. The normalized spacial score (nSPS) is 14.2. The zero-order chi connectivity index (χ0) is 17.1. The summed E-state index contributed by atoms with van der Waals surface area (Å²) in [6.45, 7) is 1.02. The van der Waals surface area contributed by atoms with Gasteiger partial charge in [0.2, 0.25) is 5.91 Å². The molecular formula is C17H15Cl2N3O2. The Kier molecular flexibility index (Phi) is 4.92. The lowest BCUT2D eigenvalue weighted by Gasteiger charge is -2.18. The van der Waals surface area contributed by atoms with Crippen molar-refractivity contribution in [3.05, 3.63) is 58.6 Å². The van der Waals surface area contributed by atoms with E-state index in [0.29, 0.717) is 28.8 Å². The van der Waals surface area contributed by atoms with Gasteiger partial charge in [0.1, 0.15) is 6.54 Å². The molecule has 0 spiro atoms. The first-order valence-corrected chi connectivity index (χ1v) is 8.16. The topological polar surface area (TPSA) is 52.7 Å². The molecule has 0 unspecified atom stereocenters. The number of amides is 3. The predicted octanol–water partition coefficient (Wildman–Crippen LogP) is 3.87. The molecule has 0 aliphatic carbocycles. The van der Waals surface area contributed by atoms with Crippen molar-refractivity contribution in [2.75, 3.05) is 29.9 Å². The van der Waals surface area contributed by atoms with E-state index in [0.717, 1.165) is 5.69 Å². The van der Waals surface area contributed by atoms with Gasteiger partial charge < -0.3 is 10.2 Å². The van der Waals surface area contributed by atoms with Crippen molar-refractivity contribution in [1.29, 1.82) is 0 Å². The van der Waals surface area contributed by atoms with Crippen molar-refractivity contribution in [1.82, 2.24) is 4.90 Å². The summed E-state index contributed by atoms with van der Waals surface area (Å²) in [6, 6.07) is 13.7. The summed E-state index contributed by atoms with van der Waals surface area (Å²) >= 11 is 11.8. The van der Waals surface area contributed by atoms with Gasteiger partial charge in [-0.3, -0.25) is 9.69 Å². The number of benzene rings is 2. The molecule has 124 valence electrons. The molecule has 1 aliphatic heterocycles. The molecule has 2 aromatic carbocycles. The van der Waals surface area contributed by atoms with E-state index in [-0.39, 0.29) is 18.5 Å². The molecule has 5 nitrogen and oxygen atoms in total. The number of anilines is 2. The number of halogens is 2. The third kappa shape index (κ3) is 3.80. The number of hydrogen-bond donors (Lipinski definition) is 1. The van der Waals surface area contributed by atoms with Gasteiger partial charge in [0.15, 0.2) is 0 Å². The number of nitrogens with zero attached hydrogens (tertiary/aromatic N) is 2. The van der Waals surface area contributed by atoms with Gasteiger partial charge in [-0.2, -0.15) is 0 Å².